The lowest BCUT2D eigenvalue weighted by atomic mass is 9.96. The quantitative estimate of drug-likeness (QED) is 0.791. The molecule has 0 spiro atoms. The van der Waals surface area contributed by atoms with Gasteiger partial charge in [0.25, 0.3) is 0 Å². The number of hydrogen-bond acceptors (Lipinski definition) is 5. The molecule has 6 heteroatoms. The average Bonchev–Trinajstić information content (AvgIpc) is 3.02. The molecule has 1 atom stereocenters. The summed E-state index contributed by atoms with van der Waals surface area (Å²) in [5.74, 6) is 0.874. The molecule has 0 aliphatic carbocycles. The number of likely N-dealkylation sites (tertiary alicyclic amines) is 1. The highest BCUT2D eigenvalue weighted by Gasteiger charge is 2.34. The number of ketones is 1. The zero-order valence-corrected chi connectivity index (χ0v) is 14.9. The molecule has 0 bridgehead atoms. The molecule has 132 valence electrons. The molecular weight excluding hydrogens is 310 g/mol. The molecular formula is C18H25NO5. The highest BCUT2D eigenvalue weighted by Crippen LogP contribution is 2.30. The molecule has 0 N–H and O–H groups in total. The van der Waals surface area contributed by atoms with Crippen molar-refractivity contribution < 1.29 is 23.8 Å². The second-order valence-corrected chi connectivity index (χ2v) is 6.85. The molecule has 1 amide bonds. The first-order chi connectivity index (χ1) is 11.2. The Kier molecular flexibility index (Phi) is 5.36. The molecule has 1 aliphatic heterocycles. The van der Waals surface area contributed by atoms with Crippen LogP contribution < -0.4 is 9.47 Å². The van der Waals surface area contributed by atoms with Gasteiger partial charge in [0.2, 0.25) is 0 Å². The molecule has 1 unspecified atom stereocenters. The van der Waals surface area contributed by atoms with Crippen LogP contribution in [0.3, 0.4) is 0 Å². The van der Waals surface area contributed by atoms with Crippen molar-refractivity contribution in [3.63, 3.8) is 0 Å². The van der Waals surface area contributed by atoms with Gasteiger partial charge in [0.1, 0.15) is 5.60 Å². The van der Waals surface area contributed by atoms with Gasteiger partial charge in [-0.15, -0.1) is 0 Å². The number of carbonyl (C=O) groups excluding carboxylic acids is 2. The van der Waals surface area contributed by atoms with Crippen molar-refractivity contribution in [3.8, 4) is 11.5 Å². The summed E-state index contributed by atoms with van der Waals surface area (Å²) in [7, 11) is 3.08. The van der Waals surface area contributed by atoms with Crippen LogP contribution in [0.1, 0.15) is 37.6 Å². The zero-order chi connectivity index (χ0) is 17.9. The van der Waals surface area contributed by atoms with Crippen LogP contribution in [-0.4, -0.2) is 49.7 Å². The second-order valence-electron chi connectivity index (χ2n) is 6.85. The molecule has 1 saturated heterocycles. The van der Waals surface area contributed by atoms with Gasteiger partial charge in [-0.3, -0.25) is 4.79 Å². The Labute approximate surface area is 142 Å². The number of hydrogen-bond donors (Lipinski definition) is 0. The summed E-state index contributed by atoms with van der Waals surface area (Å²) in [6.45, 7) is 6.38. The first-order valence-corrected chi connectivity index (χ1v) is 7.99. The lowest BCUT2D eigenvalue weighted by Gasteiger charge is -2.24. The number of carbonyl (C=O) groups is 2. The molecule has 0 saturated carbocycles. The maximum Gasteiger partial charge on any atom is 0.410 e. The maximum atomic E-state index is 12.7. The van der Waals surface area contributed by atoms with Gasteiger partial charge in [-0.2, -0.15) is 0 Å². The average molecular weight is 335 g/mol. The summed E-state index contributed by atoms with van der Waals surface area (Å²) in [6, 6.07) is 5.11. The van der Waals surface area contributed by atoms with Gasteiger partial charge < -0.3 is 19.1 Å². The number of ether oxygens (including phenoxy) is 3. The highest BCUT2D eigenvalue weighted by molar-refractivity contribution is 5.99. The summed E-state index contributed by atoms with van der Waals surface area (Å²) < 4.78 is 15.8. The third-order valence-corrected chi connectivity index (χ3v) is 3.88. The molecule has 0 radical (unpaired) electrons. The zero-order valence-electron chi connectivity index (χ0n) is 14.9. The topological polar surface area (TPSA) is 65.1 Å². The SMILES string of the molecule is COc1ccc(C(=O)C2CCN(C(=O)OC(C)(C)C)C2)cc1OC. The molecule has 6 nitrogen and oxygen atoms in total. The number of benzene rings is 1. The van der Waals surface area contributed by atoms with Crippen molar-refractivity contribution >= 4 is 11.9 Å². The van der Waals surface area contributed by atoms with E-state index in [1.165, 1.54) is 7.11 Å². The van der Waals surface area contributed by atoms with Crippen molar-refractivity contribution in [2.24, 2.45) is 5.92 Å². The standard InChI is InChI=1S/C18H25NO5/c1-18(2,3)24-17(21)19-9-8-13(11-19)16(20)12-6-7-14(22-4)15(10-12)23-5/h6-7,10,13H,8-9,11H2,1-5H3. The maximum absolute atomic E-state index is 12.7. The molecule has 1 fully saturated rings. The van der Waals surface area contributed by atoms with Gasteiger partial charge in [-0.1, -0.05) is 0 Å². The van der Waals surface area contributed by atoms with E-state index in [2.05, 4.69) is 0 Å². The van der Waals surface area contributed by atoms with Gasteiger partial charge >= 0.3 is 6.09 Å². The number of Topliss-reactive ketones (excluding diaryl/α,β-unsaturated/α-hetero) is 1. The summed E-state index contributed by atoms with van der Waals surface area (Å²) in [6.07, 6.45) is 0.261. The third kappa shape index (κ3) is 4.19. The molecule has 1 aromatic carbocycles. The first kappa shape index (κ1) is 18.1. The lowest BCUT2D eigenvalue weighted by molar-refractivity contribution is 0.0289. The summed E-state index contributed by atoms with van der Waals surface area (Å²) >= 11 is 0. The fraction of sp³-hybridized carbons (Fsp3) is 0.556. The molecule has 1 aromatic rings. The molecule has 0 aromatic heterocycles. The smallest absolute Gasteiger partial charge is 0.410 e. The second kappa shape index (κ2) is 7.11. The Bertz CT molecular complexity index is 620. The van der Waals surface area contributed by atoms with Crippen LogP contribution in [0, 0.1) is 5.92 Å². The van der Waals surface area contributed by atoms with Crippen molar-refractivity contribution in [1.82, 2.24) is 4.90 Å². The summed E-state index contributed by atoms with van der Waals surface area (Å²) in [5, 5.41) is 0. The van der Waals surface area contributed by atoms with E-state index in [1.54, 1.807) is 30.2 Å². The predicted molar refractivity (Wildman–Crippen MR) is 89.8 cm³/mol. The van der Waals surface area contributed by atoms with E-state index in [4.69, 9.17) is 14.2 Å². The van der Waals surface area contributed by atoms with E-state index in [9.17, 15) is 9.59 Å². The van der Waals surface area contributed by atoms with E-state index < -0.39 is 5.60 Å². The number of amides is 1. The Hall–Kier alpha value is -2.24. The fourth-order valence-electron chi connectivity index (χ4n) is 2.69. The van der Waals surface area contributed by atoms with Gasteiger partial charge in [-0.25, -0.2) is 4.79 Å². The van der Waals surface area contributed by atoms with E-state index in [0.717, 1.165) is 0 Å². The Morgan fingerprint density at radius 1 is 1.12 bits per heavy atom. The van der Waals surface area contributed by atoms with Crippen LogP contribution in [0.25, 0.3) is 0 Å². The molecule has 1 aliphatic rings. The van der Waals surface area contributed by atoms with Crippen LogP contribution in [0.4, 0.5) is 4.79 Å². The van der Waals surface area contributed by atoms with Gasteiger partial charge in [0, 0.05) is 24.6 Å². The van der Waals surface area contributed by atoms with Crippen molar-refractivity contribution in [1.29, 1.82) is 0 Å². The third-order valence-electron chi connectivity index (χ3n) is 3.88. The minimum atomic E-state index is -0.539. The van der Waals surface area contributed by atoms with Crippen molar-refractivity contribution in [2.75, 3.05) is 27.3 Å². The van der Waals surface area contributed by atoms with Crippen LogP contribution in [0.2, 0.25) is 0 Å². The molecule has 2 rings (SSSR count). The minimum absolute atomic E-state index is 0.00186. The highest BCUT2D eigenvalue weighted by atomic mass is 16.6. The molecule has 24 heavy (non-hydrogen) atoms. The van der Waals surface area contributed by atoms with Gasteiger partial charge in [0.05, 0.1) is 14.2 Å². The summed E-state index contributed by atoms with van der Waals surface area (Å²) in [4.78, 5) is 26.4. The van der Waals surface area contributed by atoms with Crippen molar-refractivity contribution in [3.05, 3.63) is 23.8 Å². The number of nitrogens with zero attached hydrogens (tertiary/aromatic N) is 1. The number of rotatable bonds is 4. The van der Waals surface area contributed by atoms with Crippen LogP contribution >= 0.6 is 0 Å². The Balaban J connectivity index is 2.05. The van der Waals surface area contributed by atoms with Gasteiger partial charge in [0.15, 0.2) is 17.3 Å². The predicted octanol–water partition coefficient (Wildman–Crippen LogP) is 3.14. The summed E-state index contributed by atoms with van der Waals surface area (Å²) in [5.41, 5.74) is 0.0198. The van der Waals surface area contributed by atoms with Crippen LogP contribution in [0.15, 0.2) is 18.2 Å². The molecule has 1 heterocycles. The van der Waals surface area contributed by atoms with E-state index in [-0.39, 0.29) is 17.8 Å². The van der Waals surface area contributed by atoms with Crippen molar-refractivity contribution in [2.45, 2.75) is 32.8 Å². The van der Waals surface area contributed by atoms with E-state index in [1.807, 2.05) is 20.8 Å². The lowest BCUT2D eigenvalue weighted by Crippen LogP contribution is -2.35. The number of methoxy groups -OCH3 is 2. The fourth-order valence-corrected chi connectivity index (χ4v) is 2.69. The van der Waals surface area contributed by atoms with Crippen LogP contribution in [0.5, 0.6) is 11.5 Å². The first-order valence-electron chi connectivity index (χ1n) is 7.99. The largest absolute Gasteiger partial charge is 0.493 e. The monoisotopic (exact) mass is 335 g/mol. The van der Waals surface area contributed by atoms with Gasteiger partial charge in [-0.05, 0) is 45.4 Å². The van der Waals surface area contributed by atoms with Crippen LogP contribution in [-0.2, 0) is 4.74 Å². The Morgan fingerprint density at radius 3 is 2.38 bits per heavy atom. The minimum Gasteiger partial charge on any atom is -0.493 e. The normalized spacial score (nSPS) is 17.5. The Morgan fingerprint density at radius 2 is 1.79 bits per heavy atom. The van der Waals surface area contributed by atoms with E-state index >= 15 is 0 Å². The van der Waals surface area contributed by atoms with E-state index in [0.29, 0.717) is 36.6 Å².